The molecule has 3 aromatic rings. The van der Waals surface area contributed by atoms with Gasteiger partial charge in [0.05, 0.1) is 43.9 Å². The molecule has 5 N–H and O–H groups in total. The number of nitrogens with one attached hydrogen (secondary N) is 2. The Labute approximate surface area is 396 Å². The highest BCUT2D eigenvalue weighted by molar-refractivity contribution is 5.91. The first-order valence-electron chi connectivity index (χ1n) is 25.5. The van der Waals surface area contributed by atoms with Crippen molar-refractivity contribution in [1.82, 2.24) is 20.1 Å². The number of para-hydroxylation sites is 1. The first-order chi connectivity index (χ1) is 32.2. The van der Waals surface area contributed by atoms with E-state index in [1.807, 2.05) is 31.9 Å². The van der Waals surface area contributed by atoms with Crippen molar-refractivity contribution in [2.24, 2.45) is 23.2 Å². The second kappa shape index (κ2) is 17.5. The van der Waals surface area contributed by atoms with Gasteiger partial charge in [-0.1, -0.05) is 63.5 Å². The van der Waals surface area contributed by atoms with Crippen LogP contribution in [0.2, 0.25) is 0 Å². The van der Waals surface area contributed by atoms with Crippen LogP contribution in [0.3, 0.4) is 0 Å². The fourth-order valence-corrected chi connectivity index (χ4v) is 15.8. The Hall–Kier alpha value is -3.98. The third-order valence-corrected chi connectivity index (χ3v) is 18.6. The van der Waals surface area contributed by atoms with E-state index in [-0.39, 0.29) is 30.0 Å². The Morgan fingerprint density at radius 3 is 2.51 bits per heavy atom. The van der Waals surface area contributed by atoms with Crippen molar-refractivity contribution in [1.29, 1.82) is 0 Å². The van der Waals surface area contributed by atoms with Gasteiger partial charge in [0.1, 0.15) is 11.9 Å². The maximum atomic E-state index is 15.4. The van der Waals surface area contributed by atoms with Gasteiger partial charge in [-0.25, -0.2) is 0 Å². The molecular weight excluding hydrogens is 847 g/mol. The molecule has 13 nitrogen and oxygen atoms in total. The summed E-state index contributed by atoms with van der Waals surface area (Å²) in [5.41, 5.74) is 0.817. The average Bonchev–Trinajstić information content (AvgIpc) is 3.99. The van der Waals surface area contributed by atoms with E-state index in [4.69, 9.17) is 14.2 Å². The summed E-state index contributed by atoms with van der Waals surface area (Å²) in [5, 5.41) is 43.1. The molecule has 2 aromatic carbocycles. The Bertz CT molecular complexity index is 2400. The molecule has 5 aliphatic heterocycles. The largest absolute Gasteiger partial charge is 0.496 e. The van der Waals surface area contributed by atoms with Crippen molar-refractivity contribution in [3.8, 4) is 5.75 Å². The number of methoxy groups -OCH3 is 3. The zero-order valence-electron chi connectivity index (χ0n) is 40.9. The molecule has 2 bridgehead atoms. The fourth-order valence-electron chi connectivity index (χ4n) is 15.8. The number of aromatic nitrogens is 1. The van der Waals surface area contributed by atoms with E-state index in [0.29, 0.717) is 57.4 Å². The Morgan fingerprint density at radius 1 is 1.01 bits per heavy atom. The van der Waals surface area contributed by atoms with Gasteiger partial charge in [0, 0.05) is 97.0 Å². The van der Waals surface area contributed by atoms with Crippen LogP contribution < -0.4 is 15.0 Å². The smallest absolute Gasteiger partial charge is 0.309 e. The summed E-state index contributed by atoms with van der Waals surface area (Å²) in [6, 6.07) is 11.1. The standard InChI is InChI=1S/C54H75N5O8/c1-8-51(63)29-33-26-38(46(60)67-7)43(44-36(20-24-58(30-33)31-51)35-18-13-14-19-40(35)56-44)37-27-39-41(28-42(37)65-5)57(4)48-53(39)22-25-59-23-15-21-52(9-2,47(53)59)49(61)54(48,64)50(62)55-32(3)45(66-6)34-16-11-10-12-17-34/h13-15,18-19,21,27-28,32-34,38,43,45,47-49,56,61,63-64H,8-12,16-17,20,22-26,29-31H2,1-7H3,(H,55,62)/t32-,33?,38+,43?,45-,47?,48?,49-,51+,52-,53?,54+/m1/s1. The highest BCUT2D eigenvalue weighted by Gasteiger charge is 2.78. The number of amides is 1. The zero-order valence-corrected chi connectivity index (χ0v) is 40.9. The molecule has 10 rings (SSSR count). The molecule has 364 valence electrons. The molecule has 6 unspecified atom stereocenters. The molecule has 13 atom stereocenters. The lowest BCUT2D eigenvalue weighted by atomic mass is 9.47. The number of likely N-dealkylation sites (N-methyl/N-ethyl adjacent to an activating group) is 1. The van der Waals surface area contributed by atoms with Crippen molar-refractivity contribution in [3.05, 3.63) is 70.9 Å². The predicted octanol–water partition coefficient (Wildman–Crippen LogP) is 5.81. The minimum absolute atomic E-state index is 0.0277. The van der Waals surface area contributed by atoms with Gasteiger partial charge in [-0.05, 0) is 99.9 Å². The lowest BCUT2D eigenvalue weighted by Gasteiger charge is -2.63. The fraction of sp³-hybridized carbons (Fsp3) is 0.667. The number of piperidine rings is 1. The molecule has 2 aliphatic carbocycles. The van der Waals surface area contributed by atoms with Crippen LogP contribution in [0.15, 0.2) is 48.6 Å². The number of rotatable bonds is 10. The van der Waals surface area contributed by atoms with Gasteiger partial charge >= 0.3 is 5.97 Å². The number of H-pyrrole nitrogens is 1. The number of ether oxygens (including phenoxy) is 3. The zero-order chi connectivity index (χ0) is 47.2. The minimum Gasteiger partial charge on any atom is -0.496 e. The molecule has 1 aromatic heterocycles. The van der Waals surface area contributed by atoms with Crippen LogP contribution in [0.1, 0.15) is 113 Å². The van der Waals surface area contributed by atoms with Crippen LogP contribution >= 0.6 is 0 Å². The third-order valence-electron chi connectivity index (χ3n) is 18.6. The normalized spacial score (nSPS) is 36.9. The highest BCUT2D eigenvalue weighted by atomic mass is 16.5. The molecule has 67 heavy (non-hydrogen) atoms. The number of nitrogens with zero attached hydrogens (tertiary/aromatic N) is 3. The number of hydrogen-bond donors (Lipinski definition) is 5. The number of anilines is 1. The van der Waals surface area contributed by atoms with Gasteiger partial charge in [-0.15, -0.1) is 0 Å². The Morgan fingerprint density at radius 2 is 1.79 bits per heavy atom. The van der Waals surface area contributed by atoms with E-state index >= 15 is 4.79 Å². The summed E-state index contributed by atoms with van der Waals surface area (Å²) in [7, 11) is 6.80. The lowest BCUT2D eigenvalue weighted by molar-refractivity contribution is -0.204. The molecule has 1 amide bonds. The quantitative estimate of drug-likeness (QED) is 0.124. The topological polar surface area (TPSA) is 160 Å². The number of aliphatic hydroxyl groups is 3. The van der Waals surface area contributed by atoms with Crippen LogP contribution in [-0.4, -0.2) is 145 Å². The first kappa shape index (κ1) is 46.7. The molecule has 4 fully saturated rings. The van der Waals surface area contributed by atoms with E-state index in [0.717, 1.165) is 84.3 Å². The first-order valence-corrected chi connectivity index (χ1v) is 25.5. The van der Waals surface area contributed by atoms with Crippen LogP contribution in [-0.2, 0) is 30.9 Å². The average molecular weight is 922 g/mol. The molecule has 7 aliphatic rings. The molecule has 13 heteroatoms. The summed E-state index contributed by atoms with van der Waals surface area (Å²) >= 11 is 0. The molecule has 1 spiro atoms. The SMILES string of the molecule is CC[C@]1(O)CC2C[C@H](C(=O)OC)C(c3cc4c(cc3OC)N(C)C3C45CCN4CC=C[C@](CC)(C45)[C@@H](O)[C@]3(O)C(=O)N[C@H](C)[C@@H](OC)C3CCCCC3)c3[nH]c4ccccc4c3CCN(C2)C1. The number of aromatic amines is 1. The molecule has 0 radical (unpaired) electrons. The molecule has 6 heterocycles. The van der Waals surface area contributed by atoms with Gasteiger partial charge in [0.15, 0.2) is 5.60 Å². The lowest BCUT2D eigenvalue weighted by Crippen LogP contribution is -2.82. The molecule has 2 saturated carbocycles. The van der Waals surface area contributed by atoms with Gasteiger partial charge in [0.2, 0.25) is 0 Å². The van der Waals surface area contributed by atoms with Gasteiger partial charge in [-0.2, -0.15) is 0 Å². The number of carbonyl (C=O) groups is 2. The minimum atomic E-state index is -2.25. The molecular formula is C54H75N5O8. The van der Waals surface area contributed by atoms with E-state index in [9.17, 15) is 20.1 Å². The second-order valence-corrected chi connectivity index (χ2v) is 21.8. The maximum absolute atomic E-state index is 15.4. The van der Waals surface area contributed by atoms with Crippen LogP contribution in [0.25, 0.3) is 10.9 Å². The number of benzene rings is 2. The van der Waals surface area contributed by atoms with Gasteiger partial charge in [0.25, 0.3) is 5.91 Å². The van der Waals surface area contributed by atoms with Gasteiger partial charge in [-0.3, -0.25) is 19.4 Å². The summed E-state index contributed by atoms with van der Waals surface area (Å²) in [6.45, 7) is 9.63. The summed E-state index contributed by atoms with van der Waals surface area (Å²) in [4.78, 5) is 40.9. The van der Waals surface area contributed by atoms with E-state index in [1.54, 1.807) is 14.2 Å². The van der Waals surface area contributed by atoms with Crippen LogP contribution in [0, 0.1) is 23.2 Å². The number of aliphatic hydroxyl groups excluding tert-OH is 1. The van der Waals surface area contributed by atoms with E-state index in [1.165, 1.54) is 13.5 Å². The monoisotopic (exact) mass is 922 g/mol. The van der Waals surface area contributed by atoms with E-state index in [2.05, 4.69) is 69.5 Å². The predicted molar refractivity (Wildman–Crippen MR) is 258 cm³/mol. The van der Waals surface area contributed by atoms with Crippen molar-refractivity contribution < 1.29 is 39.1 Å². The number of esters is 1. The third kappa shape index (κ3) is 6.97. The number of fused-ring (bicyclic) bond motifs is 6. The van der Waals surface area contributed by atoms with Crippen LogP contribution in [0.5, 0.6) is 5.75 Å². The highest BCUT2D eigenvalue weighted by Crippen LogP contribution is 2.67. The van der Waals surface area contributed by atoms with Gasteiger partial charge < -0.3 is 44.7 Å². The Kier molecular flexibility index (Phi) is 12.2. The second-order valence-electron chi connectivity index (χ2n) is 21.8. The summed E-state index contributed by atoms with van der Waals surface area (Å²) in [6.07, 6.45) is 11.6. The number of carbonyl (C=O) groups excluding carboxylic acids is 2. The number of hydrogen-bond acceptors (Lipinski definition) is 11. The summed E-state index contributed by atoms with van der Waals surface area (Å²) < 4.78 is 18.4. The van der Waals surface area contributed by atoms with E-state index < -0.39 is 58.0 Å². The maximum Gasteiger partial charge on any atom is 0.309 e. The Balaban J connectivity index is 1.17. The van der Waals surface area contributed by atoms with Crippen molar-refractivity contribution in [3.63, 3.8) is 0 Å². The summed E-state index contributed by atoms with van der Waals surface area (Å²) in [5.74, 6) is -1.19. The van der Waals surface area contributed by atoms with Crippen molar-refractivity contribution in [2.75, 3.05) is 66.0 Å². The van der Waals surface area contributed by atoms with Crippen molar-refractivity contribution in [2.45, 2.75) is 144 Å². The molecule has 2 saturated heterocycles. The van der Waals surface area contributed by atoms with Crippen LogP contribution in [0.4, 0.5) is 5.69 Å². The van der Waals surface area contributed by atoms with Crippen molar-refractivity contribution >= 4 is 28.5 Å².